The molecule has 0 aliphatic carbocycles. The van der Waals surface area contributed by atoms with Gasteiger partial charge in [-0.3, -0.25) is 4.79 Å². The second kappa shape index (κ2) is 2.50. The molecule has 0 saturated heterocycles. The molecule has 7 heteroatoms. The third kappa shape index (κ3) is 1.55. The van der Waals surface area contributed by atoms with E-state index >= 15 is 0 Å². The van der Waals surface area contributed by atoms with Crippen LogP contribution in [0.3, 0.4) is 0 Å². The van der Waals surface area contributed by atoms with Crippen molar-refractivity contribution in [3.8, 4) is 0 Å². The summed E-state index contributed by atoms with van der Waals surface area (Å²) < 4.78 is 35.0. The Morgan fingerprint density at radius 1 is 1.50 bits per heavy atom. The van der Waals surface area contributed by atoms with E-state index < -0.39 is 22.2 Å². The number of aromatic nitrogens is 2. The molecule has 1 rings (SSSR count). The summed E-state index contributed by atoms with van der Waals surface area (Å²) in [6.07, 6.45) is -4.13. The minimum Gasteiger partial charge on any atom is -0.618 e. The molecular formula is C5H3F3N2O2. The maximum Gasteiger partial charge on any atom is 0.480 e. The zero-order valence-electron chi connectivity index (χ0n) is 5.55. The van der Waals surface area contributed by atoms with Crippen molar-refractivity contribution in [1.29, 1.82) is 0 Å². The first-order chi connectivity index (χ1) is 5.41. The van der Waals surface area contributed by atoms with E-state index in [4.69, 9.17) is 0 Å². The average Bonchev–Trinajstić information content (AvgIpc) is 1.83. The van der Waals surface area contributed by atoms with Gasteiger partial charge in [0, 0.05) is 0 Å². The van der Waals surface area contributed by atoms with Crippen LogP contribution in [0.5, 0.6) is 0 Å². The maximum atomic E-state index is 11.8. The van der Waals surface area contributed by atoms with Crippen molar-refractivity contribution < 1.29 is 17.9 Å². The Kier molecular flexibility index (Phi) is 1.79. The number of alkyl halides is 3. The topological polar surface area (TPSA) is 59.8 Å². The number of hydrogen-bond donors (Lipinski definition) is 1. The largest absolute Gasteiger partial charge is 0.618 e. The van der Waals surface area contributed by atoms with Gasteiger partial charge in [-0.25, -0.2) is 0 Å². The fourth-order valence-corrected chi connectivity index (χ4v) is 0.623. The lowest BCUT2D eigenvalue weighted by Gasteiger charge is -2.04. The quantitative estimate of drug-likeness (QED) is 0.452. The molecule has 0 aliphatic heterocycles. The van der Waals surface area contributed by atoms with Crippen LogP contribution >= 0.6 is 0 Å². The first-order valence-electron chi connectivity index (χ1n) is 2.80. The molecule has 0 fully saturated rings. The first-order valence-corrected chi connectivity index (χ1v) is 2.80. The summed E-state index contributed by atoms with van der Waals surface area (Å²) in [7, 11) is 0. The molecule has 0 spiro atoms. The summed E-state index contributed by atoms with van der Waals surface area (Å²) in [5.74, 6) is 0. The summed E-state index contributed by atoms with van der Waals surface area (Å²) in [5.41, 5.74) is -2.32. The Morgan fingerprint density at radius 2 is 2.08 bits per heavy atom. The molecule has 1 N–H and O–H groups in total. The zero-order chi connectivity index (χ0) is 9.35. The average molecular weight is 180 g/mol. The van der Waals surface area contributed by atoms with Gasteiger partial charge in [0.1, 0.15) is 0 Å². The second-order valence-electron chi connectivity index (χ2n) is 1.99. The predicted molar refractivity (Wildman–Crippen MR) is 31.0 cm³/mol. The Labute approximate surface area is 63.9 Å². The van der Waals surface area contributed by atoms with Crippen LogP contribution in [0.4, 0.5) is 13.2 Å². The van der Waals surface area contributed by atoms with E-state index in [1.165, 1.54) is 0 Å². The number of hydrogen-bond acceptors (Lipinski definition) is 2. The van der Waals surface area contributed by atoms with Crippen LogP contribution < -0.4 is 10.3 Å². The molecule has 0 unspecified atom stereocenters. The highest BCUT2D eigenvalue weighted by atomic mass is 19.4. The number of rotatable bonds is 0. The van der Waals surface area contributed by atoms with Crippen LogP contribution in [0.15, 0.2) is 17.2 Å². The van der Waals surface area contributed by atoms with Crippen LogP contribution in [-0.2, 0) is 6.18 Å². The summed E-state index contributed by atoms with van der Waals surface area (Å²) >= 11 is 0. The highest BCUT2D eigenvalue weighted by Gasteiger charge is 2.39. The zero-order valence-corrected chi connectivity index (χ0v) is 5.55. The van der Waals surface area contributed by atoms with E-state index in [1.807, 2.05) is 0 Å². The van der Waals surface area contributed by atoms with Crippen molar-refractivity contribution in [1.82, 2.24) is 4.98 Å². The molecule has 1 aromatic rings. The molecular weight excluding hydrogens is 177 g/mol. The number of H-pyrrole nitrogens is 1. The van der Waals surface area contributed by atoms with Crippen molar-refractivity contribution in [3.05, 3.63) is 33.6 Å². The normalized spacial score (nSPS) is 11.6. The van der Waals surface area contributed by atoms with Crippen molar-refractivity contribution in [3.63, 3.8) is 0 Å². The molecule has 12 heavy (non-hydrogen) atoms. The molecule has 66 valence electrons. The van der Waals surface area contributed by atoms with Crippen molar-refractivity contribution in [2.75, 3.05) is 0 Å². The molecule has 1 heterocycles. The van der Waals surface area contributed by atoms with E-state index in [0.29, 0.717) is 6.20 Å². The molecule has 0 atom stereocenters. The summed E-state index contributed by atoms with van der Waals surface area (Å²) in [5, 5.41) is 10.5. The van der Waals surface area contributed by atoms with Gasteiger partial charge in [0.15, 0.2) is 0 Å². The number of halogens is 3. The van der Waals surface area contributed by atoms with Gasteiger partial charge in [0.25, 0.3) is 0 Å². The van der Waals surface area contributed by atoms with Gasteiger partial charge in [0.05, 0.1) is 6.20 Å². The van der Waals surface area contributed by atoms with E-state index in [-0.39, 0.29) is 6.20 Å². The Hall–Kier alpha value is -1.53. The molecule has 4 nitrogen and oxygen atoms in total. The van der Waals surface area contributed by atoms with Crippen molar-refractivity contribution in [2.24, 2.45) is 0 Å². The smallest absolute Gasteiger partial charge is 0.480 e. The predicted octanol–water partition coefficient (Wildman–Crippen LogP) is 0.0271. The standard InChI is InChI=1S/C5H3F3N2O2/c6-5(7,8)3-1-9-4(11)2-10(3)12/h1-2H,(H,9,11). The Bertz CT molecular complexity index is 343. The van der Waals surface area contributed by atoms with E-state index in [2.05, 4.69) is 0 Å². The number of nitrogens with one attached hydrogen (secondary N) is 1. The van der Waals surface area contributed by atoms with Gasteiger partial charge in [-0.1, -0.05) is 0 Å². The molecule has 0 saturated carbocycles. The molecule has 1 aromatic heterocycles. The Balaban J connectivity index is 3.28. The number of aromatic amines is 1. The van der Waals surface area contributed by atoms with Gasteiger partial charge in [-0.15, -0.1) is 0 Å². The lowest BCUT2D eigenvalue weighted by molar-refractivity contribution is -0.630. The minimum atomic E-state index is -4.74. The molecule has 0 radical (unpaired) electrons. The van der Waals surface area contributed by atoms with Gasteiger partial charge < -0.3 is 10.2 Å². The highest BCUT2D eigenvalue weighted by Crippen LogP contribution is 2.24. The van der Waals surface area contributed by atoms with E-state index in [9.17, 15) is 23.2 Å². The SMILES string of the molecule is O=c1c[n+]([O-])c(C(F)(F)F)c[nH]1. The summed E-state index contributed by atoms with van der Waals surface area (Å²) in [4.78, 5) is 12.1. The molecule has 0 amide bonds. The summed E-state index contributed by atoms with van der Waals surface area (Å²) in [6, 6.07) is 0. The Morgan fingerprint density at radius 3 is 2.50 bits per heavy atom. The summed E-state index contributed by atoms with van der Waals surface area (Å²) in [6.45, 7) is 0. The van der Waals surface area contributed by atoms with Crippen molar-refractivity contribution >= 4 is 0 Å². The second-order valence-corrected chi connectivity index (χ2v) is 1.99. The van der Waals surface area contributed by atoms with Crippen molar-refractivity contribution in [2.45, 2.75) is 6.18 Å². The third-order valence-electron chi connectivity index (χ3n) is 1.11. The van der Waals surface area contributed by atoms with Crippen LogP contribution in [0.1, 0.15) is 5.69 Å². The fraction of sp³-hybridized carbons (Fsp3) is 0.200. The van der Waals surface area contributed by atoms with Gasteiger partial charge >= 0.3 is 17.4 Å². The van der Waals surface area contributed by atoms with E-state index in [0.717, 1.165) is 0 Å². The molecule has 0 aliphatic rings. The van der Waals surface area contributed by atoms with Gasteiger partial charge in [0.2, 0.25) is 6.20 Å². The highest BCUT2D eigenvalue weighted by molar-refractivity contribution is 4.92. The monoisotopic (exact) mass is 180 g/mol. The van der Waals surface area contributed by atoms with E-state index in [1.54, 1.807) is 4.98 Å². The number of nitrogens with zero attached hydrogens (tertiary/aromatic N) is 1. The molecule has 0 aromatic carbocycles. The minimum absolute atomic E-state index is 0.281. The first kappa shape index (κ1) is 8.57. The fourth-order valence-electron chi connectivity index (χ4n) is 0.623. The van der Waals surface area contributed by atoms with Gasteiger partial charge in [-0.05, 0) is 0 Å². The lowest BCUT2D eigenvalue weighted by atomic mass is 10.4. The molecule has 0 bridgehead atoms. The maximum absolute atomic E-state index is 11.8. The van der Waals surface area contributed by atoms with Crippen LogP contribution in [0, 0.1) is 5.21 Å². The third-order valence-corrected chi connectivity index (χ3v) is 1.11. The van der Waals surface area contributed by atoms with Crippen LogP contribution in [0.25, 0.3) is 0 Å². The van der Waals surface area contributed by atoms with Gasteiger partial charge in [-0.2, -0.15) is 17.9 Å². The lowest BCUT2D eigenvalue weighted by Crippen LogP contribution is -2.40. The van der Waals surface area contributed by atoms with Crippen LogP contribution in [-0.4, -0.2) is 4.98 Å². The van der Waals surface area contributed by atoms with Crippen LogP contribution in [0.2, 0.25) is 0 Å².